The Kier molecular flexibility index (Phi) is 5.53. The molecule has 1 aromatic carbocycles. The minimum absolute atomic E-state index is 0.0212. The first-order chi connectivity index (χ1) is 14.6. The second-order valence-corrected chi connectivity index (χ2v) is 6.92. The summed E-state index contributed by atoms with van der Waals surface area (Å²) in [5, 5.41) is 15.4. The lowest BCUT2D eigenvalue weighted by Gasteiger charge is -2.31. The maximum atomic E-state index is 13.0. The lowest BCUT2D eigenvalue weighted by Crippen LogP contribution is -2.51. The van der Waals surface area contributed by atoms with Crippen LogP contribution in [0.15, 0.2) is 48.7 Å². The van der Waals surface area contributed by atoms with Gasteiger partial charge in [0.2, 0.25) is 5.91 Å². The Hall–Kier alpha value is -3.59. The van der Waals surface area contributed by atoms with E-state index in [-0.39, 0.29) is 17.5 Å². The summed E-state index contributed by atoms with van der Waals surface area (Å²) in [7, 11) is 1.77. The SMILES string of the molecule is CCOC(=O)c1cc(-c2ccc(N(C(=O)C3CNC3)c3cccnn3)cc2)n(C)n1. The van der Waals surface area contributed by atoms with Crippen molar-refractivity contribution in [2.75, 3.05) is 24.6 Å². The number of aromatic nitrogens is 4. The van der Waals surface area contributed by atoms with Crippen molar-refractivity contribution in [2.24, 2.45) is 13.0 Å². The average Bonchev–Trinajstić information content (AvgIpc) is 3.10. The van der Waals surface area contributed by atoms with E-state index in [2.05, 4.69) is 20.6 Å². The Labute approximate surface area is 173 Å². The fraction of sp³-hybridized carbons (Fsp3) is 0.286. The molecule has 0 aliphatic carbocycles. The van der Waals surface area contributed by atoms with E-state index in [4.69, 9.17) is 4.74 Å². The highest BCUT2D eigenvalue weighted by molar-refractivity contribution is 6.01. The maximum absolute atomic E-state index is 13.0. The first-order valence-corrected chi connectivity index (χ1v) is 9.72. The summed E-state index contributed by atoms with van der Waals surface area (Å²) in [5.74, 6) is -0.0835. The van der Waals surface area contributed by atoms with Gasteiger partial charge in [0.25, 0.3) is 0 Å². The molecule has 30 heavy (non-hydrogen) atoms. The zero-order chi connectivity index (χ0) is 21.1. The molecule has 1 fully saturated rings. The Bertz CT molecular complexity index is 1040. The fourth-order valence-corrected chi connectivity index (χ4v) is 3.25. The smallest absolute Gasteiger partial charge is 0.358 e. The van der Waals surface area contributed by atoms with Gasteiger partial charge in [-0.05, 0) is 42.8 Å². The molecular weight excluding hydrogens is 384 g/mol. The lowest BCUT2D eigenvalue weighted by atomic mass is 10.0. The third-order valence-corrected chi connectivity index (χ3v) is 4.92. The number of hydrogen-bond acceptors (Lipinski definition) is 7. The molecule has 1 saturated heterocycles. The van der Waals surface area contributed by atoms with Gasteiger partial charge < -0.3 is 10.1 Å². The zero-order valence-electron chi connectivity index (χ0n) is 16.8. The van der Waals surface area contributed by atoms with Gasteiger partial charge in [-0.1, -0.05) is 12.1 Å². The van der Waals surface area contributed by atoms with E-state index >= 15 is 0 Å². The van der Waals surface area contributed by atoms with Crippen LogP contribution in [0.4, 0.5) is 11.5 Å². The number of anilines is 2. The number of rotatable bonds is 6. The van der Waals surface area contributed by atoms with Gasteiger partial charge in [0.15, 0.2) is 11.5 Å². The number of esters is 1. The molecule has 0 radical (unpaired) electrons. The third kappa shape index (κ3) is 3.79. The van der Waals surface area contributed by atoms with Gasteiger partial charge in [-0.2, -0.15) is 10.2 Å². The first-order valence-electron chi connectivity index (χ1n) is 9.72. The van der Waals surface area contributed by atoms with Crippen LogP contribution < -0.4 is 10.2 Å². The molecule has 3 heterocycles. The number of hydrogen-bond donors (Lipinski definition) is 1. The van der Waals surface area contributed by atoms with Gasteiger partial charge in [0.1, 0.15) is 0 Å². The first kappa shape index (κ1) is 19.7. The molecule has 3 aromatic rings. The van der Waals surface area contributed by atoms with E-state index in [1.54, 1.807) is 47.9 Å². The molecule has 0 bridgehead atoms. The minimum Gasteiger partial charge on any atom is -0.461 e. The molecular formula is C21H22N6O3. The molecule has 1 amide bonds. The summed E-state index contributed by atoms with van der Waals surface area (Å²) >= 11 is 0. The number of nitrogens with zero attached hydrogens (tertiary/aromatic N) is 5. The van der Waals surface area contributed by atoms with Gasteiger partial charge in [-0.25, -0.2) is 4.79 Å². The van der Waals surface area contributed by atoms with Gasteiger partial charge in [-0.15, -0.1) is 5.10 Å². The maximum Gasteiger partial charge on any atom is 0.358 e. The van der Waals surface area contributed by atoms with Crippen molar-refractivity contribution in [3.05, 3.63) is 54.4 Å². The van der Waals surface area contributed by atoms with Gasteiger partial charge in [-0.3, -0.25) is 14.4 Å². The molecule has 4 rings (SSSR count). The normalized spacial score (nSPS) is 13.5. The number of amides is 1. The van der Waals surface area contributed by atoms with E-state index in [0.29, 0.717) is 31.2 Å². The molecule has 154 valence electrons. The van der Waals surface area contributed by atoms with Crippen molar-refractivity contribution in [1.82, 2.24) is 25.3 Å². The van der Waals surface area contributed by atoms with Crippen molar-refractivity contribution in [3.63, 3.8) is 0 Å². The minimum atomic E-state index is -0.454. The fourth-order valence-electron chi connectivity index (χ4n) is 3.25. The summed E-state index contributed by atoms with van der Waals surface area (Å²) in [6, 6.07) is 12.7. The van der Waals surface area contributed by atoms with E-state index < -0.39 is 5.97 Å². The molecule has 0 saturated carbocycles. The van der Waals surface area contributed by atoms with Crippen LogP contribution in [0.2, 0.25) is 0 Å². The topological polar surface area (TPSA) is 102 Å². The Morgan fingerprint density at radius 3 is 2.60 bits per heavy atom. The highest BCUT2D eigenvalue weighted by Gasteiger charge is 2.31. The van der Waals surface area contributed by atoms with Crippen molar-refractivity contribution < 1.29 is 14.3 Å². The van der Waals surface area contributed by atoms with E-state index in [1.165, 1.54) is 0 Å². The average molecular weight is 406 g/mol. The van der Waals surface area contributed by atoms with E-state index in [1.807, 2.05) is 24.3 Å². The van der Waals surface area contributed by atoms with Gasteiger partial charge in [0, 0.05) is 26.3 Å². The second kappa shape index (κ2) is 8.42. The number of aryl methyl sites for hydroxylation is 1. The van der Waals surface area contributed by atoms with E-state index in [9.17, 15) is 9.59 Å². The highest BCUT2D eigenvalue weighted by atomic mass is 16.5. The monoisotopic (exact) mass is 406 g/mol. The highest BCUT2D eigenvalue weighted by Crippen LogP contribution is 2.29. The van der Waals surface area contributed by atoms with Crippen LogP contribution in [0.25, 0.3) is 11.3 Å². The van der Waals surface area contributed by atoms with Crippen molar-refractivity contribution in [1.29, 1.82) is 0 Å². The van der Waals surface area contributed by atoms with Crippen LogP contribution >= 0.6 is 0 Å². The zero-order valence-corrected chi connectivity index (χ0v) is 16.8. The number of carbonyl (C=O) groups excluding carboxylic acids is 2. The van der Waals surface area contributed by atoms with Gasteiger partial charge in [0.05, 0.1) is 23.9 Å². The summed E-state index contributed by atoms with van der Waals surface area (Å²) in [4.78, 5) is 26.6. The Morgan fingerprint density at radius 1 is 1.23 bits per heavy atom. The predicted octanol–water partition coefficient (Wildman–Crippen LogP) is 1.94. The lowest BCUT2D eigenvalue weighted by molar-refractivity contribution is -0.123. The summed E-state index contributed by atoms with van der Waals surface area (Å²) in [5.41, 5.74) is 2.59. The number of nitrogens with one attached hydrogen (secondary N) is 1. The quantitative estimate of drug-likeness (QED) is 0.624. The summed E-state index contributed by atoms with van der Waals surface area (Å²) in [6.07, 6.45) is 1.57. The largest absolute Gasteiger partial charge is 0.461 e. The molecule has 0 unspecified atom stereocenters. The van der Waals surface area contributed by atoms with Gasteiger partial charge >= 0.3 is 5.97 Å². The van der Waals surface area contributed by atoms with Crippen LogP contribution in [0, 0.1) is 5.92 Å². The molecule has 9 nitrogen and oxygen atoms in total. The van der Waals surface area contributed by atoms with Crippen LogP contribution in [0.1, 0.15) is 17.4 Å². The Morgan fingerprint density at radius 2 is 2.00 bits per heavy atom. The van der Waals surface area contributed by atoms with E-state index in [0.717, 1.165) is 11.3 Å². The summed E-state index contributed by atoms with van der Waals surface area (Å²) in [6.45, 7) is 3.35. The second-order valence-electron chi connectivity index (χ2n) is 6.92. The standard InChI is InChI=1S/C21H22N6O3/c1-3-30-21(29)17-11-18(26(2)25-17)14-6-8-16(9-7-14)27(19-5-4-10-23-24-19)20(28)15-12-22-13-15/h4-11,15,22H,3,12-13H2,1-2H3. The van der Waals surface area contributed by atoms with Crippen LogP contribution in [-0.4, -0.2) is 51.6 Å². The third-order valence-electron chi connectivity index (χ3n) is 4.92. The molecule has 1 aliphatic heterocycles. The molecule has 0 spiro atoms. The van der Waals surface area contributed by atoms with Crippen LogP contribution in [0.3, 0.4) is 0 Å². The number of benzene rings is 1. The van der Waals surface area contributed by atoms with Crippen LogP contribution in [-0.2, 0) is 16.6 Å². The number of ether oxygens (including phenoxy) is 1. The van der Waals surface area contributed by atoms with Crippen LogP contribution in [0.5, 0.6) is 0 Å². The van der Waals surface area contributed by atoms with Crippen molar-refractivity contribution in [3.8, 4) is 11.3 Å². The van der Waals surface area contributed by atoms with Crippen molar-refractivity contribution in [2.45, 2.75) is 6.92 Å². The van der Waals surface area contributed by atoms with Crippen molar-refractivity contribution >= 4 is 23.4 Å². The molecule has 0 atom stereocenters. The Balaban J connectivity index is 1.64. The molecule has 9 heteroatoms. The number of carbonyl (C=O) groups is 2. The predicted molar refractivity (Wildman–Crippen MR) is 110 cm³/mol. The summed E-state index contributed by atoms with van der Waals surface area (Å²) < 4.78 is 6.65. The molecule has 1 N–H and O–H groups in total. The molecule has 2 aromatic heterocycles. The molecule has 1 aliphatic rings.